The number of fused-ring (bicyclic) bond motifs is 1. The van der Waals surface area contributed by atoms with Crippen molar-refractivity contribution in [3.05, 3.63) is 52.3 Å². The normalized spacial score (nSPS) is 10.7. The maximum atomic E-state index is 9.00. The Morgan fingerprint density at radius 1 is 1.19 bits per heavy atom. The lowest BCUT2D eigenvalue weighted by atomic mass is 10.2. The van der Waals surface area contributed by atoms with Gasteiger partial charge < -0.3 is 5.73 Å². The Bertz CT molecular complexity index is 877. The molecular weight excluding hydrogens is 307 g/mol. The molecule has 0 saturated heterocycles. The van der Waals surface area contributed by atoms with Crippen LogP contribution in [0, 0.1) is 11.3 Å². The second-order valence-corrected chi connectivity index (χ2v) is 5.33. The van der Waals surface area contributed by atoms with Crippen LogP contribution in [0.2, 0.25) is 10.0 Å². The van der Waals surface area contributed by atoms with Crippen LogP contribution in [0.5, 0.6) is 0 Å². The molecule has 0 atom stereocenters. The topological polar surface area (TPSA) is 67.6 Å². The highest BCUT2D eigenvalue weighted by atomic mass is 35.5. The number of rotatable bonds is 2. The van der Waals surface area contributed by atoms with Crippen LogP contribution < -0.4 is 5.73 Å². The average Bonchev–Trinajstić information content (AvgIpc) is 2.81. The molecule has 0 aliphatic heterocycles. The fourth-order valence-corrected chi connectivity index (χ4v) is 2.61. The minimum atomic E-state index is 0.175. The van der Waals surface area contributed by atoms with E-state index in [4.69, 9.17) is 34.2 Å². The molecule has 6 heteroatoms. The van der Waals surface area contributed by atoms with Gasteiger partial charge in [0.15, 0.2) is 0 Å². The van der Waals surface area contributed by atoms with Gasteiger partial charge in [0.25, 0.3) is 0 Å². The summed E-state index contributed by atoms with van der Waals surface area (Å²) in [5.74, 6) is 0.615. The van der Waals surface area contributed by atoms with Gasteiger partial charge in [0.2, 0.25) is 0 Å². The lowest BCUT2D eigenvalue weighted by Gasteiger charge is -2.12. The first kappa shape index (κ1) is 13.7. The molecule has 0 radical (unpaired) electrons. The van der Waals surface area contributed by atoms with Crippen LogP contribution in [-0.4, -0.2) is 9.55 Å². The Hall–Kier alpha value is -2.22. The van der Waals surface area contributed by atoms with Crippen molar-refractivity contribution in [2.45, 2.75) is 6.42 Å². The molecule has 0 amide bonds. The lowest BCUT2D eigenvalue weighted by molar-refractivity contribution is 0.956. The molecule has 0 unspecified atom stereocenters. The molecule has 1 heterocycles. The second-order valence-electron chi connectivity index (χ2n) is 4.51. The summed E-state index contributed by atoms with van der Waals surface area (Å²) in [5, 5.41) is 9.80. The number of nitrogens with two attached hydrogens (primary N) is 1. The summed E-state index contributed by atoms with van der Waals surface area (Å²) in [7, 11) is 0. The van der Waals surface area contributed by atoms with Crippen molar-refractivity contribution in [2.75, 3.05) is 5.73 Å². The van der Waals surface area contributed by atoms with Crippen LogP contribution in [-0.2, 0) is 6.42 Å². The summed E-state index contributed by atoms with van der Waals surface area (Å²) in [6.07, 6.45) is 0.175. The standard InChI is InChI=1S/C15H10Cl2N4/c16-9-7-11(19)14(8-10(9)17)21-13-4-2-1-3-12(13)20-15(21)5-6-18/h1-4,7-8H,5,19H2. The number of hydrogen-bond acceptors (Lipinski definition) is 3. The van der Waals surface area contributed by atoms with Crippen molar-refractivity contribution < 1.29 is 0 Å². The number of nitriles is 1. The summed E-state index contributed by atoms with van der Waals surface area (Å²) in [6, 6.07) is 13.0. The van der Waals surface area contributed by atoms with Gasteiger partial charge in [0, 0.05) is 0 Å². The van der Waals surface area contributed by atoms with E-state index in [2.05, 4.69) is 11.1 Å². The van der Waals surface area contributed by atoms with Gasteiger partial charge in [-0.2, -0.15) is 5.26 Å². The van der Waals surface area contributed by atoms with Crippen molar-refractivity contribution >= 4 is 39.9 Å². The number of imidazole rings is 1. The van der Waals surface area contributed by atoms with Crippen LogP contribution in [0.25, 0.3) is 16.7 Å². The number of nitrogen functional groups attached to an aromatic ring is 1. The lowest BCUT2D eigenvalue weighted by Crippen LogP contribution is -2.04. The predicted molar refractivity (Wildman–Crippen MR) is 84.8 cm³/mol. The van der Waals surface area contributed by atoms with Crippen molar-refractivity contribution in [1.82, 2.24) is 9.55 Å². The predicted octanol–water partition coefficient (Wildman–Crippen LogP) is 3.98. The quantitative estimate of drug-likeness (QED) is 0.727. The zero-order valence-corrected chi connectivity index (χ0v) is 12.4. The van der Waals surface area contributed by atoms with E-state index in [1.807, 2.05) is 28.8 Å². The Morgan fingerprint density at radius 2 is 1.90 bits per heavy atom. The summed E-state index contributed by atoms with van der Waals surface area (Å²) in [6.45, 7) is 0. The van der Waals surface area contributed by atoms with E-state index in [0.29, 0.717) is 27.2 Å². The van der Waals surface area contributed by atoms with E-state index in [9.17, 15) is 0 Å². The van der Waals surface area contributed by atoms with Gasteiger partial charge in [-0.25, -0.2) is 4.98 Å². The highest BCUT2D eigenvalue weighted by molar-refractivity contribution is 6.42. The molecule has 3 aromatic rings. The maximum absolute atomic E-state index is 9.00. The van der Waals surface area contributed by atoms with Gasteiger partial charge >= 0.3 is 0 Å². The third-order valence-electron chi connectivity index (χ3n) is 3.18. The SMILES string of the molecule is N#CCc1nc2ccccc2n1-c1cc(Cl)c(Cl)cc1N. The van der Waals surface area contributed by atoms with Gasteiger partial charge in [-0.1, -0.05) is 35.3 Å². The fourth-order valence-electron chi connectivity index (χ4n) is 2.28. The van der Waals surface area contributed by atoms with Gasteiger partial charge in [-0.05, 0) is 24.3 Å². The Labute approximate surface area is 131 Å². The molecule has 0 saturated carbocycles. The van der Waals surface area contributed by atoms with Crippen LogP contribution in [0.4, 0.5) is 5.69 Å². The molecule has 21 heavy (non-hydrogen) atoms. The zero-order valence-electron chi connectivity index (χ0n) is 10.8. The van der Waals surface area contributed by atoms with E-state index in [1.54, 1.807) is 12.1 Å². The smallest absolute Gasteiger partial charge is 0.128 e. The molecule has 0 bridgehead atoms. The number of benzene rings is 2. The summed E-state index contributed by atoms with van der Waals surface area (Å²) in [4.78, 5) is 4.48. The number of halogens is 2. The molecule has 3 rings (SSSR count). The maximum Gasteiger partial charge on any atom is 0.128 e. The van der Waals surface area contributed by atoms with Gasteiger partial charge in [-0.15, -0.1) is 0 Å². The van der Waals surface area contributed by atoms with Crippen molar-refractivity contribution in [3.63, 3.8) is 0 Å². The first-order valence-electron chi connectivity index (χ1n) is 6.20. The highest BCUT2D eigenvalue weighted by Crippen LogP contribution is 2.32. The Kier molecular flexibility index (Phi) is 3.46. The van der Waals surface area contributed by atoms with Crippen molar-refractivity contribution in [2.24, 2.45) is 0 Å². The number of para-hydroxylation sites is 2. The van der Waals surface area contributed by atoms with E-state index >= 15 is 0 Å². The zero-order chi connectivity index (χ0) is 15.0. The van der Waals surface area contributed by atoms with Crippen molar-refractivity contribution in [1.29, 1.82) is 5.26 Å². The number of hydrogen-bond donors (Lipinski definition) is 1. The van der Waals surface area contributed by atoms with E-state index in [1.165, 1.54) is 0 Å². The minimum Gasteiger partial charge on any atom is -0.397 e. The van der Waals surface area contributed by atoms with Crippen LogP contribution in [0.3, 0.4) is 0 Å². The number of aromatic nitrogens is 2. The van der Waals surface area contributed by atoms with Crippen molar-refractivity contribution in [3.8, 4) is 11.8 Å². The number of anilines is 1. The van der Waals surface area contributed by atoms with E-state index in [-0.39, 0.29) is 6.42 Å². The monoisotopic (exact) mass is 316 g/mol. The molecule has 4 nitrogen and oxygen atoms in total. The molecule has 0 aliphatic rings. The molecule has 0 fully saturated rings. The molecule has 2 aromatic carbocycles. The van der Waals surface area contributed by atoms with Gasteiger partial charge in [0.05, 0.1) is 44.9 Å². The molecule has 104 valence electrons. The summed E-state index contributed by atoms with van der Waals surface area (Å²) < 4.78 is 1.84. The highest BCUT2D eigenvalue weighted by Gasteiger charge is 2.15. The van der Waals surface area contributed by atoms with Gasteiger partial charge in [-0.3, -0.25) is 4.57 Å². The number of nitrogens with zero attached hydrogens (tertiary/aromatic N) is 3. The summed E-state index contributed by atoms with van der Waals surface area (Å²) in [5.41, 5.74) is 8.88. The average molecular weight is 317 g/mol. The molecular formula is C15H10Cl2N4. The minimum absolute atomic E-state index is 0.175. The Morgan fingerprint density at radius 3 is 2.67 bits per heavy atom. The van der Waals surface area contributed by atoms with Crippen LogP contribution >= 0.6 is 23.2 Å². The summed E-state index contributed by atoms with van der Waals surface area (Å²) >= 11 is 12.1. The largest absolute Gasteiger partial charge is 0.397 e. The van der Waals surface area contributed by atoms with Gasteiger partial charge in [0.1, 0.15) is 5.82 Å². The van der Waals surface area contributed by atoms with Crippen LogP contribution in [0.15, 0.2) is 36.4 Å². The van der Waals surface area contributed by atoms with E-state index < -0.39 is 0 Å². The first-order valence-corrected chi connectivity index (χ1v) is 6.95. The molecule has 0 spiro atoms. The third-order valence-corrected chi connectivity index (χ3v) is 3.90. The van der Waals surface area contributed by atoms with E-state index in [0.717, 1.165) is 11.0 Å². The first-order chi connectivity index (χ1) is 10.1. The second kappa shape index (κ2) is 5.28. The molecule has 2 N–H and O–H groups in total. The fraction of sp³-hybridized carbons (Fsp3) is 0.0667. The molecule has 0 aliphatic carbocycles. The molecule has 1 aromatic heterocycles. The van der Waals surface area contributed by atoms with Crippen LogP contribution in [0.1, 0.15) is 5.82 Å². The Balaban J connectivity index is 2.36. The third kappa shape index (κ3) is 2.31.